The summed E-state index contributed by atoms with van der Waals surface area (Å²) in [5, 5.41) is 8.61. The monoisotopic (exact) mass is 243 g/mol. The van der Waals surface area contributed by atoms with Gasteiger partial charge in [-0.25, -0.2) is 0 Å². The standard InChI is InChI=1S/C13H25NO3/c1-5-11(6-2)14(9-10(3)4)12(15)7-8-13(16)17/h10-11H,5-9H2,1-4H3,(H,16,17). The molecule has 0 aliphatic carbocycles. The van der Waals surface area contributed by atoms with E-state index in [4.69, 9.17) is 5.11 Å². The van der Waals surface area contributed by atoms with Gasteiger partial charge < -0.3 is 10.0 Å². The number of carboxylic acids is 1. The molecule has 0 aliphatic heterocycles. The van der Waals surface area contributed by atoms with Crippen molar-refractivity contribution in [1.29, 1.82) is 0 Å². The van der Waals surface area contributed by atoms with Crippen LogP contribution in [0.15, 0.2) is 0 Å². The maximum Gasteiger partial charge on any atom is 0.303 e. The molecule has 0 spiro atoms. The number of nitrogens with zero attached hydrogens (tertiary/aromatic N) is 1. The summed E-state index contributed by atoms with van der Waals surface area (Å²) in [6, 6.07) is 0.235. The largest absolute Gasteiger partial charge is 0.481 e. The first kappa shape index (κ1) is 15.9. The third kappa shape index (κ3) is 6.29. The summed E-state index contributed by atoms with van der Waals surface area (Å²) in [6.45, 7) is 8.97. The van der Waals surface area contributed by atoms with Crippen molar-refractivity contribution in [2.24, 2.45) is 5.92 Å². The Morgan fingerprint density at radius 2 is 1.65 bits per heavy atom. The third-order valence-electron chi connectivity index (χ3n) is 2.82. The number of carbonyl (C=O) groups is 2. The zero-order valence-corrected chi connectivity index (χ0v) is 11.4. The van der Waals surface area contributed by atoms with Crippen LogP contribution in [0, 0.1) is 5.92 Å². The Hall–Kier alpha value is -1.06. The van der Waals surface area contributed by atoms with Crippen molar-refractivity contribution in [2.75, 3.05) is 6.54 Å². The van der Waals surface area contributed by atoms with Crippen molar-refractivity contribution in [2.45, 2.75) is 59.4 Å². The van der Waals surface area contributed by atoms with Crippen molar-refractivity contribution < 1.29 is 14.7 Å². The van der Waals surface area contributed by atoms with Gasteiger partial charge in [0.05, 0.1) is 6.42 Å². The molecule has 17 heavy (non-hydrogen) atoms. The van der Waals surface area contributed by atoms with Crippen molar-refractivity contribution in [1.82, 2.24) is 4.90 Å². The normalized spacial score (nSPS) is 10.9. The van der Waals surface area contributed by atoms with E-state index in [1.54, 1.807) is 0 Å². The first-order valence-corrected chi connectivity index (χ1v) is 6.43. The molecule has 0 saturated heterocycles. The summed E-state index contributed by atoms with van der Waals surface area (Å²) < 4.78 is 0. The number of carbonyl (C=O) groups excluding carboxylic acids is 1. The lowest BCUT2D eigenvalue weighted by atomic mass is 10.1. The Morgan fingerprint density at radius 3 is 2.00 bits per heavy atom. The Morgan fingerprint density at radius 1 is 1.12 bits per heavy atom. The van der Waals surface area contributed by atoms with Crippen LogP contribution in [0.25, 0.3) is 0 Å². The average molecular weight is 243 g/mol. The zero-order chi connectivity index (χ0) is 13.4. The topological polar surface area (TPSA) is 57.6 Å². The molecule has 0 aromatic heterocycles. The van der Waals surface area contributed by atoms with E-state index in [-0.39, 0.29) is 24.8 Å². The van der Waals surface area contributed by atoms with Crippen LogP contribution in [0.2, 0.25) is 0 Å². The first-order chi connectivity index (χ1) is 7.92. The summed E-state index contributed by atoms with van der Waals surface area (Å²) >= 11 is 0. The van der Waals surface area contributed by atoms with Crippen LogP contribution in [0.5, 0.6) is 0 Å². The van der Waals surface area contributed by atoms with Gasteiger partial charge in [-0.05, 0) is 18.8 Å². The number of hydrogen-bond acceptors (Lipinski definition) is 2. The van der Waals surface area contributed by atoms with E-state index in [0.717, 1.165) is 12.8 Å². The van der Waals surface area contributed by atoms with Crippen LogP contribution in [-0.4, -0.2) is 34.5 Å². The molecule has 0 heterocycles. The molecular formula is C13H25NO3. The van der Waals surface area contributed by atoms with E-state index in [2.05, 4.69) is 27.7 Å². The number of rotatable bonds is 8. The molecule has 0 saturated carbocycles. The van der Waals surface area contributed by atoms with Gasteiger partial charge in [-0.1, -0.05) is 27.7 Å². The van der Waals surface area contributed by atoms with Gasteiger partial charge in [0.25, 0.3) is 0 Å². The zero-order valence-electron chi connectivity index (χ0n) is 11.4. The summed E-state index contributed by atoms with van der Waals surface area (Å²) in [4.78, 5) is 24.3. The highest BCUT2D eigenvalue weighted by molar-refractivity contribution is 5.81. The van der Waals surface area contributed by atoms with E-state index in [1.807, 2.05) is 4.90 Å². The minimum Gasteiger partial charge on any atom is -0.481 e. The molecule has 0 atom stereocenters. The molecule has 1 N–H and O–H groups in total. The Labute approximate surface area is 104 Å². The Bertz CT molecular complexity index is 247. The smallest absolute Gasteiger partial charge is 0.303 e. The maximum atomic E-state index is 12.0. The van der Waals surface area contributed by atoms with Crippen LogP contribution in [0.3, 0.4) is 0 Å². The lowest BCUT2D eigenvalue weighted by molar-refractivity contribution is -0.142. The molecule has 0 rings (SSSR count). The molecule has 1 amide bonds. The van der Waals surface area contributed by atoms with Crippen molar-refractivity contribution in [3.8, 4) is 0 Å². The van der Waals surface area contributed by atoms with E-state index in [1.165, 1.54) is 0 Å². The predicted molar refractivity (Wildman–Crippen MR) is 67.8 cm³/mol. The van der Waals surface area contributed by atoms with Gasteiger partial charge in [0.2, 0.25) is 5.91 Å². The molecule has 0 aliphatic rings. The molecular weight excluding hydrogens is 218 g/mol. The second kappa shape index (κ2) is 8.09. The predicted octanol–water partition coefficient (Wildman–Crippen LogP) is 2.52. The fraction of sp³-hybridized carbons (Fsp3) is 0.846. The number of hydrogen-bond donors (Lipinski definition) is 1. The number of carboxylic acid groups (broad SMARTS) is 1. The lowest BCUT2D eigenvalue weighted by Gasteiger charge is -2.32. The van der Waals surface area contributed by atoms with Gasteiger partial charge in [0, 0.05) is 19.0 Å². The molecule has 0 radical (unpaired) electrons. The summed E-state index contributed by atoms with van der Waals surface area (Å²) in [5.74, 6) is -0.536. The third-order valence-corrected chi connectivity index (χ3v) is 2.82. The summed E-state index contributed by atoms with van der Waals surface area (Å²) in [7, 11) is 0. The molecule has 4 heteroatoms. The van der Waals surface area contributed by atoms with Crippen LogP contribution >= 0.6 is 0 Å². The minimum atomic E-state index is -0.910. The van der Waals surface area contributed by atoms with Crippen molar-refractivity contribution in [3.63, 3.8) is 0 Å². The van der Waals surface area contributed by atoms with E-state index in [9.17, 15) is 9.59 Å². The Kier molecular flexibility index (Phi) is 7.59. The second-order valence-electron chi connectivity index (χ2n) is 4.80. The van der Waals surface area contributed by atoms with Crippen LogP contribution in [-0.2, 0) is 9.59 Å². The first-order valence-electron chi connectivity index (χ1n) is 6.43. The highest BCUT2D eigenvalue weighted by atomic mass is 16.4. The molecule has 4 nitrogen and oxygen atoms in total. The molecule has 0 bridgehead atoms. The van der Waals surface area contributed by atoms with E-state index >= 15 is 0 Å². The van der Waals surface area contributed by atoms with E-state index in [0.29, 0.717) is 12.5 Å². The summed E-state index contributed by atoms with van der Waals surface area (Å²) in [6.07, 6.45) is 1.87. The maximum absolute atomic E-state index is 12.0. The fourth-order valence-corrected chi connectivity index (χ4v) is 1.93. The van der Waals surface area contributed by atoms with Crippen LogP contribution < -0.4 is 0 Å². The average Bonchev–Trinajstić information content (AvgIpc) is 2.25. The highest BCUT2D eigenvalue weighted by Gasteiger charge is 2.22. The van der Waals surface area contributed by atoms with Gasteiger partial charge >= 0.3 is 5.97 Å². The van der Waals surface area contributed by atoms with Gasteiger partial charge in [-0.15, -0.1) is 0 Å². The van der Waals surface area contributed by atoms with Gasteiger partial charge in [-0.3, -0.25) is 9.59 Å². The highest BCUT2D eigenvalue weighted by Crippen LogP contribution is 2.13. The molecule has 0 fully saturated rings. The fourth-order valence-electron chi connectivity index (χ4n) is 1.93. The lowest BCUT2D eigenvalue weighted by Crippen LogP contribution is -2.42. The quantitative estimate of drug-likeness (QED) is 0.712. The van der Waals surface area contributed by atoms with Gasteiger partial charge in [0.1, 0.15) is 0 Å². The molecule has 100 valence electrons. The van der Waals surface area contributed by atoms with Crippen molar-refractivity contribution in [3.05, 3.63) is 0 Å². The molecule has 0 aromatic carbocycles. The minimum absolute atomic E-state index is 0.0326. The van der Waals surface area contributed by atoms with Gasteiger partial charge in [0.15, 0.2) is 0 Å². The number of amides is 1. The van der Waals surface area contributed by atoms with Crippen LogP contribution in [0.4, 0.5) is 0 Å². The van der Waals surface area contributed by atoms with E-state index < -0.39 is 5.97 Å². The Balaban J connectivity index is 4.54. The second-order valence-corrected chi connectivity index (χ2v) is 4.80. The number of aliphatic carboxylic acids is 1. The van der Waals surface area contributed by atoms with Crippen molar-refractivity contribution >= 4 is 11.9 Å². The molecule has 0 unspecified atom stereocenters. The SMILES string of the molecule is CCC(CC)N(CC(C)C)C(=O)CCC(=O)O. The van der Waals surface area contributed by atoms with Crippen LogP contribution in [0.1, 0.15) is 53.4 Å². The summed E-state index contributed by atoms with van der Waals surface area (Å²) in [5.41, 5.74) is 0. The molecule has 0 aromatic rings. The van der Waals surface area contributed by atoms with Gasteiger partial charge in [-0.2, -0.15) is 0 Å².